The highest BCUT2D eigenvalue weighted by Crippen LogP contribution is 2.42. The number of nitrogens with zero attached hydrogens (tertiary/aromatic N) is 3. The van der Waals surface area contributed by atoms with Crippen molar-refractivity contribution in [1.29, 1.82) is 0 Å². The molecule has 0 unspecified atom stereocenters. The van der Waals surface area contributed by atoms with Crippen molar-refractivity contribution in [2.24, 2.45) is 10.1 Å². The number of nitrogens with one attached hydrogen (secondary N) is 1. The Morgan fingerprint density at radius 2 is 2.04 bits per heavy atom. The van der Waals surface area contributed by atoms with Crippen LogP contribution < -0.4 is 25.4 Å². The van der Waals surface area contributed by atoms with Crippen LogP contribution in [0.4, 0.5) is 0 Å². The van der Waals surface area contributed by atoms with Gasteiger partial charge in [0.25, 0.3) is 5.91 Å². The smallest absolute Gasteiger partial charge is 0.276 e. The van der Waals surface area contributed by atoms with E-state index >= 15 is 0 Å². The number of hydrogen-bond donors (Lipinski definition) is 1. The third-order valence-electron chi connectivity index (χ3n) is 4.48. The SMILES string of the molecule is CSC1=NN2C(=c3ccccc3=N[C@@H]2c2cc3c(cc2Cl)OCO3)C(=O)N1. The van der Waals surface area contributed by atoms with E-state index in [0.29, 0.717) is 38.3 Å². The molecule has 3 heterocycles. The number of para-hydroxylation sites is 1. The summed E-state index contributed by atoms with van der Waals surface area (Å²) in [5.41, 5.74) is 1.13. The van der Waals surface area contributed by atoms with Crippen LogP contribution >= 0.6 is 23.4 Å². The highest BCUT2D eigenvalue weighted by molar-refractivity contribution is 8.13. The molecule has 0 aliphatic carbocycles. The minimum absolute atomic E-state index is 0.151. The summed E-state index contributed by atoms with van der Waals surface area (Å²) in [7, 11) is 0. The third kappa shape index (κ3) is 2.55. The summed E-state index contributed by atoms with van der Waals surface area (Å²) >= 11 is 7.87. The third-order valence-corrected chi connectivity index (χ3v) is 5.38. The van der Waals surface area contributed by atoms with Gasteiger partial charge in [-0.3, -0.25) is 15.1 Å². The van der Waals surface area contributed by atoms with E-state index in [-0.39, 0.29) is 12.7 Å². The molecule has 3 aliphatic heterocycles. The Morgan fingerprint density at radius 3 is 2.85 bits per heavy atom. The maximum atomic E-state index is 12.8. The molecule has 5 rings (SSSR count). The van der Waals surface area contributed by atoms with Crippen LogP contribution in [0.5, 0.6) is 11.5 Å². The van der Waals surface area contributed by atoms with E-state index in [9.17, 15) is 4.79 Å². The van der Waals surface area contributed by atoms with E-state index in [0.717, 1.165) is 5.22 Å². The number of amidine groups is 1. The molecule has 0 aromatic heterocycles. The lowest BCUT2D eigenvalue weighted by Gasteiger charge is -2.34. The second-order valence-electron chi connectivity index (χ2n) is 6.00. The largest absolute Gasteiger partial charge is 0.454 e. The van der Waals surface area contributed by atoms with E-state index in [1.165, 1.54) is 11.8 Å². The number of benzene rings is 2. The first kappa shape index (κ1) is 16.5. The number of halogens is 1. The Labute approximate surface area is 163 Å². The lowest BCUT2D eigenvalue weighted by atomic mass is 10.1. The molecule has 27 heavy (non-hydrogen) atoms. The Hall–Kier alpha value is -2.71. The minimum Gasteiger partial charge on any atom is -0.454 e. The van der Waals surface area contributed by atoms with Gasteiger partial charge in [0.1, 0.15) is 5.70 Å². The number of hydrogen-bond acceptors (Lipinski definition) is 7. The molecular formula is C18H13ClN4O3S. The monoisotopic (exact) mass is 400 g/mol. The molecule has 2 aromatic carbocycles. The van der Waals surface area contributed by atoms with Crippen LogP contribution in [0.2, 0.25) is 5.02 Å². The fraction of sp³-hybridized carbons (Fsp3) is 0.167. The standard InChI is InChI=1S/C18H13ClN4O3S/c1-27-18-21-17(24)15-9-4-2-3-5-12(9)20-16(23(15)22-18)10-6-13-14(7-11(10)19)26-8-25-13/h2-7,16H,8H2,1H3,(H,21,22,24)/t16-/m0/s1. The van der Waals surface area contributed by atoms with Gasteiger partial charge in [-0.25, -0.2) is 5.01 Å². The van der Waals surface area contributed by atoms with Gasteiger partial charge in [-0.2, -0.15) is 0 Å². The van der Waals surface area contributed by atoms with Gasteiger partial charge in [-0.05, 0) is 18.4 Å². The van der Waals surface area contributed by atoms with Crippen LogP contribution in [0.25, 0.3) is 5.70 Å². The Balaban J connectivity index is 1.76. The average molecular weight is 401 g/mol. The summed E-state index contributed by atoms with van der Waals surface area (Å²) in [4.78, 5) is 17.6. The maximum Gasteiger partial charge on any atom is 0.276 e. The van der Waals surface area contributed by atoms with Crippen molar-refractivity contribution in [3.8, 4) is 11.5 Å². The first-order chi connectivity index (χ1) is 13.2. The minimum atomic E-state index is -0.592. The molecular weight excluding hydrogens is 388 g/mol. The lowest BCUT2D eigenvalue weighted by Crippen LogP contribution is -2.50. The van der Waals surface area contributed by atoms with Gasteiger partial charge in [-0.1, -0.05) is 41.6 Å². The summed E-state index contributed by atoms with van der Waals surface area (Å²) in [5.74, 6) is 0.966. The van der Waals surface area contributed by atoms with Crippen LogP contribution in [0.15, 0.2) is 46.5 Å². The van der Waals surface area contributed by atoms with Crippen molar-refractivity contribution in [1.82, 2.24) is 10.3 Å². The van der Waals surface area contributed by atoms with Gasteiger partial charge in [0.05, 0.1) is 10.4 Å². The van der Waals surface area contributed by atoms with E-state index in [1.807, 2.05) is 30.5 Å². The molecule has 1 atom stereocenters. The molecule has 0 saturated carbocycles. The number of carbonyl (C=O) groups excluding carboxylic acids is 1. The number of fused-ring (bicyclic) bond motifs is 3. The first-order valence-corrected chi connectivity index (χ1v) is 9.75. The topological polar surface area (TPSA) is 75.5 Å². The Kier molecular flexibility index (Phi) is 3.76. The Morgan fingerprint density at radius 1 is 1.26 bits per heavy atom. The normalized spacial score (nSPS) is 19.7. The molecule has 0 spiro atoms. The summed E-state index contributed by atoms with van der Waals surface area (Å²) in [6.45, 7) is 0.151. The van der Waals surface area contributed by atoms with Gasteiger partial charge in [0.2, 0.25) is 6.79 Å². The predicted octanol–water partition coefficient (Wildman–Crippen LogP) is 1.57. The highest BCUT2D eigenvalue weighted by Gasteiger charge is 2.35. The van der Waals surface area contributed by atoms with Crippen LogP contribution in [-0.4, -0.2) is 29.1 Å². The number of amides is 1. The van der Waals surface area contributed by atoms with Crippen molar-refractivity contribution in [3.63, 3.8) is 0 Å². The van der Waals surface area contributed by atoms with Crippen LogP contribution in [0.1, 0.15) is 11.7 Å². The number of thioether (sulfide) groups is 1. The molecule has 0 bridgehead atoms. The molecule has 2 aromatic rings. The van der Waals surface area contributed by atoms with E-state index in [4.69, 9.17) is 26.1 Å². The lowest BCUT2D eigenvalue weighted by molar-refractivity contribution is -0.116. The molecule has 136 valence electrons. The van der Waals surface area contributed by atoms with Crippen LogP contribution in [-0.2, 0) is 4.79 Å². The molecule has 9 heteroatoms. The molecule has 1 amide bonds. The second-order valence-corrected chi connectivity index (χ2v) is 7.21. The second kappa shape index (κ2) is 6.17. The first-order valence-electron chi connectivity index (χ1n) is 8.15. The van der Waals surface area contributed by atoms with Crippen molar-refractivity contribution < 1.29 is 14.3 Å². The van der Waals surface area contributed by atoms with Gasteiger partial charge in [-0.15, -0.1) is 5.10 Å². The maximum absolute atomic E-state index is 12.8. The molecule has 0 fully saturated rings. The van der Waals surface area contributed by atoms with Crippen LogP contribution in [0.3, 0.4) is 0 Å². The fourth-order valence-corrected chi connectivity index (χ4v) is 3.87. The molecule has 3 aliphatic rings. The number of carbonyl (C=O) groups is 1. The fourth-order valence-electron chi connectivity index (χ4n) is 3.25. The van der Waals surface area contributed by atoms with Crippen molar-refractivity contribution in [2.45, 2.75) is 6.17 Å². The highest BCUT2D eigenvalue weighted by atomic mass is 35.5. The Bertz CT molecular complexity index is 1130. The van der Waals surface area contributed by atoms with Gasteiger partial charge >= 0.3 is 0 Å². The molecule has 0 radical (unpaired) electrons. The van der Waals surface area contributed by atoms with Crippen molar-refractivity contribution >= 4 is 40.1 Å². The van der Waals surface area contributed by atoms with Crippen molar-refractivity contribution in [2.75, 3.05) is 13.0 Å². The van der Waals surface area contributed by atoms with Crippen LogP contribution in [0, 0.1) is 0 Å². The van der Waals surface area contributed by atoms with E-state index in [2.05, 4.69) is 10.4 Å². The predicted molar refractivity (Wildman–Crippen MR) is 102 cm³/mol. The summed E-state index contributed by atoms with van der Waals surface area (Å²) in [6, 6.07) is 11.0. The van der Waals surface area contributed by atoms with Gasteiger partial charge in [0, 0.05) is 16.8 Å². The zero-order valence-electron chi connectivity index (χ0n) is 14.1. The summed E-state index contributed by atoms with van der Waals surface area (Å²) in [6.07, 6.45) is 1.26. The number of rotatable bonds is 1. The zero-order valence-corrected chi connectivity index (χ0v) is 15.7. The van der Waals surface area contributed by atoms with Gasteiger partial charge in [0.15, 0.2) is 22.8 Å². The summed E-state index contributed by atoms with van der Waals surface area (Å²) in [5, 5.41) is 11.4. The van der Waals surface area contributed by atoms with E-state index in [1.54, 1.807) is 17.1 Å². The molecule has 7 nitrogen and oxygen atoms in total. The molecule has 0 saturated heterocycles. The average Bonchev–Trinajstić information content (AvgIpc) is 3.13. The van der Waals surface area contributed by atoms with Gasteiger partial charge < -0.3 is 9.47 Å². The quantitative estimate of drug-likeness (QED) is 0.786. The summed E-state index contributed by atoms with van der Waals surface area (Å²) < 4.78 is 10.9. The number of hydrazone groups is 1. The van der Waals surface area contributed by atoms with E-state index < -0.39 is 6.17 Å². The number of ether oxygens (including phenoxy) is 2. The van der Waals surface area contributed by atoms with Crippen molar-refractivity contribution in [3.05, 3.63) is 57.6 Å². The molecule has 1 N–H and O–H groups in total. The zero-order chi connectivity index (χ0) is 18.5.